The quantitative estimate of drug-likeness (QED) is 0.895. The van der Waals surface area contributed by atoms with Crippen molar-refractivity contribution in [1.29, 1.82) is 0 Å². The second-order valence-corrected chi connectivity index (χ2v) is 6.33. The molecule has 21 heavy (non-hydrogen) atoms. The van der Waals surface area contributed by atoms with Gasteiger partial charge >= 0.3 is 6.18 Å². The van der Waals surface area contributed by atoms with Crippen LogP contribution in [0.15, 0.2) is 12.4 Å². The van der Waals surface area contributed by atoms with Gasteiger partial charge in [-0.05, 0) is 24.2 Å². The van der Waals surface area contributed by atoms with E-state index in [0.29, 0.717) is 17.2 Å². The number of hydrogen-bond donors (Lipinski definition) is 2. The molecule has 7 heteroatoms. The molecule has 4 nitrogen and oxygen atoms in total. The highest BCUT2D eigenvalue weighted by atomic mass is 19.4. The molecule has 0 unspecified atom stereocenters. The lowest BCUT2D eigenvalue weighted by molar-refractivity contribution is -0.136. The van der Waals surface area contributed by atoms with Gasteiger partial charge < -0.3 is 10.3 Å². The van der Waals surface area contributed by atoms with Gasteiger partial charge in [-0.25, -0.2) is 9.97 Å². The van der Waals surface area contributed by atoms with Crippen molar-refractivity contribution in [2.24, 2.45) is 11.3 Å². The number of H-pyrrole nitrogens is 1. The van der Waals surface area contributed by atoms with Crippen LogP contribution in [0, 0.1) is 11.3 Å². The molecule has 2 fully saturated rings. The predicted octanol–water partition coefficient (Wildman–Crippen LogP) is 2.52. The van der Waals surface area contributed by atoms with Crippen molar-refractivity contribution < 1.29 is 13.2 Å². The number of nitrogens with one attached hydrogen (secondary N) is 2. The molecule has 0 aromatic carbocycles. The largest absolute Gasteiger partial charge is 0.418 e. The summed E-state index contributed by atoms with van der Waals surface area (Å²) >= 11 is 0. The molecule has 0 bridgehead atoms. The minimum Gasteiger partial charge on any atom is -0.345 e. The maximum Gasteiger partial charge on any atom is 0.418 e. The van der Waals surface area contributed by atoms with Gasteiger partial charge in [-0.15, -0.1) is 0 Å². The fourth-order valence-electron chi connectivity index (χ4n) is 3.61. The van der Waals surface area contributed by atoms with Gasteiger partial charge in [0.25, 0.3) is 0 Å². The maximum atomic E-state index is 12.8. The summed E-state index contributed by atoms with van der Waals surface area (Å²) in [5.41, 5.74) is 0.0591. The monoisotopic (exact) mass is 296 g/mol. The minimum atomic E-state index is -4.37. The van der Waals surface area contributed by atoms with E-state index in [1.807, 2.05) is 0 Å². The zero-order valence-electron chi connectivity index (χ0n) is 11.3. The predicted molar refractivity (Wildman–Crippen MR) is 70.6 cm³/mol. The molecule has 0 radical (unpaired) electrons. The molecule has 1 aliphatic carbocycles. The third-order valence-electron chi connectivity index (χ3n) is 4.70. The second kappa shape index (κ2) is 4.19. The van der Waals surface area contributed by atoms with Crippen LogP contribution in [0.25, 0.3) is 11.0 Å². The average Bonchev–Trinajstić information content (AvgIpc) is 2.73. The topological polar surface area (TPSA) is 53.6 Å². The van der Waals surface area contributed by atoms with Gasteiger partial charge in [0.05, 0.1) is 5.56 Å². The fourth-order valence-corrected chi connectivity index (χ4v) is 3.61. The van der Waals surface area contributed by atoms with Crippen LogP contribution >= 0.6 is 0 Å². The van der Waals surface area contributed by atoms with Crippen LogP contribution in [0.1, 0.15) is 24.2 Å². The third-order valence-corrected chi connectivity index (χ3v) is 4.70. The van der Waals surface area contributed by atoms with Gasteiger partial charge in [0.2, 0.25) is 0 Å². The highest BCUT2D eigenvalue weighted by Crippen LogP contribution is 2.49. The molecule has 0 amide bonds. The molecular weight excluding hydrogens is 281 g/mol. The van der Waals surface area contributed by atoms with Crippen molar-refractivity contribution in [3.63, 3.8) is 0 Å². The lowest BCUT2D eigenvalue weighted by atomic mass is 9.58. The van der Waals surface area contributed by atoms with E-state index < -0.39 is 11.7 Å². The van der Waals surface area contributed by atoms with E-state index >= 15 is 0 Å². The van der Waals surface area contributed by atoms with Crippen LogP contribution < -0.4 is 5.32 Å². The summed E-state index contributed by atoms with van der Waals surface area (Å²) in [6.45, 7) is 2.18. The van der Waals surface area contributed by atoms with Gasteiger partial charge in [-0.3, -0.25) is 0 Å². The van der Waals surface area contributed by atoms with Gasteiger partial charge in [-0.1, -0.05) is 0 Å². The molecule has 4 rings (SSSR count). The summed E-state index contributed by atoms with van der Waals surface area (Å²) in [6.07, 6.45) is 0.955. The van der Waals surface area contributed by atoms with Gasteiger partial charge in [0.1, 0.15) is 11.5 Å². The number of alkyl halides is 3. The molecule has 2 aliphatic rings. The Hall–Kier alpha value is -1.63. The minimum absolute atomic E-state index is 0.0412. The fraction of sp³-hybridized carbons (Fsp3) is 0.571. The van der Waals surface area contributed by atoms with E-state index in [1.54, 1.807) is 0 Å². The van der Waals surface area contributed by atoms with Crippen LogP contribution in [0.5, 0.6) is 0 Å². The SMILES string of the molecule is FC(F)(F)c1c[nH]c2nc(CC3CC4(CNC4)C3)ncc12. The van der Waals surface area contributed by atoms with E-state index in [4.69, 9.17) is 0 Å². The Bertz CT molecular complexity index is 679. The van der Waals surface area contributed by atoms with Crippen LogP contribution in [0.3, 0.4) is 0 Å². The highest BCUT2D eigenvalue weighted by Gasteiger charge is 2.48. The summed E-state index contributed by atoms with van der Waals surface area (Å²) in [6, 6.07) is 0. The molecule has 0 atom stereocenters. The Morgan fingerprint density at radius 2 is 2.05 bits per heavy atom. The number of rotatable bonds is 2. The van der Waals surface area contributed by atoms with Crippen LogP contribution in [0.4, 0.5) is 13.2 Å². The standard InChI is InChI=1S/C14H15F3N4/c15-14(16,17)10-5-20-12-9(10)4-19-11(21-12)1-8-2-13(3-8)6-18-7-13/h4-5,8,18H,1-3,6-7H2,(H,19,20,21). The number of halogens is 3. The molecule has 1 aliphatic heterocycles. The lowest BCUT2D eigenvalue weighted by Crippen LogP contribution is -2.60. The molecule has 1 spiro atoms. The van der Waals surface area contributed by atoms with Crippen LogP contribution in [0.2, 0.25) is 0 Å². The summed E-state index contributed by atoms with van der Waals surface area (Å²) < 4.78 is 38.3. The smallest absolute Gasteiger partial charge is 0.345 e. The van der Waals surface area contributed by atoms with Crippen molar-refractivity contribution in [3.05, 3.63) is 23.8 Å². The first-order chi connectivity index (χ1) is 9.95. The Morgan fingerprint density at radius 3 is 2.67 bits per heavy atom. The van der Waals surface area contributed by atoms with Crippen molar-refractivity contribution >= 4 is 11.0 Å². The molecule has 3 heterocycles. The first-order valence-electron chi connectivity index (χ1n) is 7.06. The van der Waals surface area contributed by atoms with Crippen LogP contribution in [-0.4, -0.2) is 28.0 Å². The third kappa shape index (κ3) is 2.10. The molecule has 112 valence electrons. The Balaban J connectivity index is 1.52. The number of fused-ring (bicyclic) bond motifs is 1. The molecule has 2 aromatic rings. The van der Waals surface area contributed by atoms with Crippen molar-refractivity contribution in [1.82, 2.24) is 20.3 Å². The first-order valence-corrected chi connectivity index (χ1v) is 7.06. The summed E-state index contributed by atoms with van der Waals surface area (Å²) in [5, 5.41) is 3.33. The van der Waals surface area contributed by atoms with Crippen molar-refractivity contribution in [2.45, 2.75) is 25.4 Å². The van der Waals surface area contributed by atoms with Crippen molar-refractivity contribution in [2.75, 3.05) is 13.1 Å². The number of aromatic amines is 1. The lowest BCUT2D eigenvalue weighted by Gasteiger charge is -2.54. The average molecular weight is 296 g/mol. The van der Waals surface area contributed by atoms with Crippen LogP contribution in [-0.2, 0) is 12.6 Å². The van der Waals surface area contributed by atoms with Gasteiger partial charge in [-0.2, -0.15) is 13.2 Å². The normalized spacial score (nSPS) is 21.5. The van der Waals surface area contributed by atoms with E-state index in [0.717, 1.165) is 25.7 Å². The summed E-state index contributed by atoms with van der Waals surface area (Å²) in [4.78, 5) is 11.0. The Kier molecular flexibility index (Phi) is 2.61. The second-order valence-electron chi connectivity index (χ2n) is 6.33. The van der Waals surface area contributed by atoms with Crippen molar-refractivity contribution in [3.8, 4) is 0 Å². The number of aromatic nitrogens is 3. The molecule has 1 saturated carbocycles. The Morgan fingerprint density at radius 1 is 1.29 bits per heavy atom. The van der Waals surface area contributed by atoms with E-state index in [-0.39, 0.29) is 11.0 Å². The molecule has 1 saturated heterocycles. The van der Waals surface area contributed by atoms with Gasteiger partial charge in [0, 0.05) is 37.3 Å². The van der Waals surface area contributed by atoms with Gasteiger partial charge in [0.15, 0.2) is 0 Å². The molecule has 2 N–H and O–H groups in total. The first kappa shape index (κ1) is 13.1. The zero-order chi connectivity index (χ0) is 14.7. The van der Waals surface area contributed by atoms with E-state index in [9.17, 15) is 13.2 Å². The summed E-state index contributed by atoms with van der Waals surface area (Å²) in [5.74, 6) is 1.19. The van der Waals surface area contributed by atoms with E-state index in [1.165, 1.54) is 19.0 Å². The maximum absolute atomic E-state index is 12.8. The number of nitrogens with zero attached hydrogens (tertiary/aromatic N) is 2. The number of hydrogen-bond acceptors (Lipinski definition) is 3. The highest BCUT2D eigenvalue weighted by molar-refractivity contribution is 5.79. The Labute approximate surface area is 119 Å². The molecule has 2 aromatic heterocycles. The molecular formula is C14H15F3N4. The zero-order valence-corrected chi connectivity index (χ0v) is 11.3. The summed E-state index contributed by atoms with van der Waals surface area (Å²) in [7, 11) is 0. The van der Waals surface area contributed by atoms with E-state index in [2.05, 4.69) is 20.3 Å².